The summed E-state index contributed by atoms with van der Waals surface area (Å²) in [6.45, 7) is -0.916. The quantitative estimate of drug-likeness (QED) is 0.489. The van der Waals surface area contributed by atoms with E-state index in [-0.39, 0.29) is 10.6 Å². The van der Waals surface area contributed by atoms with E-state index in [4.69, 9.17) is 11.6 Å². The van der Waals surface area contributed by atoms with E-state index >= 15 is 0 Å². The first-order valence-electron chi connectivity index (χ1n) is 4.03. The molecule has 0 bridgehead atoms. The minimum absolute atomic E-state index is 0.0686. The van der Waals surface area contributed by atoms with Crippen LogP contribution in [0.15, 0.2) is 18.2 Å². The van der Waals surface area contributed by atoms with Crippen molar-refractivity contribution in [3.63, 3.8) is 0 Å². The van der Waals surface area contributed by atoms with E-state index in [0.717, 1.165) is 18.2 Å². The second kappa shape index (κ2) is 4.79. The van der Waals surface area contributed by atoms with Crippen LogP contribution in [0.3, 0.4) is 0 Å². The first kappa shape index (κ1) is 14.2. The fourth-order valence-corrected chi connectivity index (χ4v) is 1.48. The number of rotatable bonds is 3. The summed E-state index contributed by atoms with van der Waals surface area (Å²) < 4.78 is 73.1. The van der Waals surface area contributed by atoms with Gasteiger partial charge in [-0.25, -0.2) is 4.39 Å². The molecule has 0 saturated carbocycles. The SMILES string of the molecule is O=S(=O)(OCc1ccc(F)cc1Cl)C(F)(F)F. The molecule has 0 aliphatic heterocycles. The molecule has 0 unspecified atom stereocenters. The number of benzene rings is 1. The topological polar surface area (TPSA) is 43.4 Å². The zero-order valence-corrected chi connectivity index (χ0v) is 9.53. The molecule has 0 atom stereocenters. The average molecular weight is 293 g/mol. The Kier molecular flexibility index (Phi) is 4.00. The Morgan fingerprint density at radius 2 is 1.88 bits per heavy atom. The van der Waals surface area contributed by atoms with Crippen molar-refractivity contribution in [3.8, 4) is 0 Å². The molecule has 3 nitrogen and oxygen atoms in total. The molecule has 0 aromatic heterocycles. The van der Waals surface area contributed by atoms with Gasteiger partial charge in [-0.1, -0.05) is 17.7 Å². The molecule has 9 heteroatoms. The molecule has 0 aliphatic carbocycles. The largest absolute Gasteiger partial charge is 0.523 e. The minimum atomic E-state index is -5.68. The molecule has 1 aromatic rings. The summed E-state index contributed by atoms with van der Waals surface area (Å²) in [5.41, 5.74) is -5.57. The Balaban J connectivity index is 2.82. The van der Waals surface area contributed by atoms with E-state index in [1.807, 2.05) is 0 Å². The number of halogens is 5. The van der Waals surface area contributed by atoms with Crippen molar-refractivity contribution in [1.29, 1.82) is 0 Å². The molecule has 96 valence electrons. The molecule has 1 rings (SSSR count). The molecule has 0 fully saturated rings. The summed E-state index contributed by atoms with van der Waals surface area (Å²) in [4.78, 5) is 0. The van der Waals surface area contributed by atoms with Gasteiger partial charge in [-0.05, 0) is 17.7 Å². The highest BCUT2D eigenvalue weighted by molar-refractivity contribution is 7.87. The van der Waals surface area contributed by atoms with Crippen LogP contribution in [0.1, 0.15) is 5.56 Å². The molecule has 0 saturated heterocycles. The van der Waals surface area contributed by atoms with E-state index in [2.05, 4.69) is 4.18 Å². The number of alkyl halides is 3. The van der Waals surface area contributed by atoms with Crippen molar-refractivity contribution in [2.75, 3.05) is 0 Å². The van der Waals surface area contributed by atoms with Gasteiger partial charge in [-0.15, -0.1) is 0 Å². The Labute approximate surface area is 99.1 Å². The van der Waals surface area contributed by atoms with Gasteiger partial charge >= 0.3 is 15.6 Å². The van der Waals surface area contributed by atoms with Crippen molar-refractivity contribution in [2.24, 2.45) is 0 Å². The van der Waals surface area contributed by atoms with Crippen LogP contribution in [0, 0.1) is 5.82 Å². The average Bonchev–Trinajstić information content (AvgIpc) is 2.14. The lowest BCUT2D eigenvalue weighted by atomic mass is 10.2. The Morgan fingerprint density at radius 3 is 2.35 bits per heavy atom. The smallest absolute Gasteiger partial charge is 0.258 e. The van der Waals surface area contributed by atoms with Gasteiger partial charge in [0.25, 0.3) is 0 Å². The maximum atomic E-state index is 12.6. The molecule has 17 heavy (non-hydrogen) atoms. The zero-order valence-electron chi connectivity index (χ0n) is 7.96. The van der Waals surface area contributed by atoms with E-state index in [9.17, 15) is 26.0 Å². The molecular weight excluding hydrogens is 288 g/mol. The predicted molar refractivity (Wildman–Crippen MR) is 51.2 cm³/mol. The summed E-state index contributed by atoms with van der Waals surface area (Å²) >= 11 is 5.48. The van der Waals surface area contributed by atoms with Gasteiger partial charge in [-0.2, -0.15) is 21.6 Å². The third kappa shape index (κ3) is 3.55. The van der Waals surface area contributed by atoms with Crippen molar-refractivity contribution in [2.45, 2.75) is 12.1 Å². The third-order valence-corrected chi connectivity index (χ3v) is 3.02. The molecule has 0 spiro atoms. The molecule has 0 N–H and O–H groups in total. The molecule has 0 heterocycles. The lowest BCUT2D eigenvalue weighted by molar-refractivity contribution is -0.0547. The first-order valence-corrected chi connectivity index (χ1v) is 5.82. The standard InChI is InChI=1S/C8H5ClF4O3S/c9-7-3-6(10)2-1-5(7)4-16-17(14,15)8(11,12)13/h1-3H,4H2. The zero-order chi connectivity index (χ0) is 13.3. The summed E-state index contributed by atoms with van der Waals surface area (Å²) in [6, 6.07) is 2.79. The molecule has 1 aromatic carbocycles. The molecule has 0 aliphatic rings. The minimum Gasteiger partial charge on any atom is -0.258 e. The monoisotopic (exact) mass is 292 g/mol. The maximum Gasteiger partial charge on any atom is 0.523 e. The third-order valence-electron chi connectivity index (χ3n) is 1.67. The Morgan fingerprint density at radius 1 is 1.29 bits per heavy atom. The first-order chi connectivity index (χ1) is 7.63. The molecule has 0 amide bonds. The van der Waals surface area contributed by atoms with E-state index in [0.29, 0.717) is 0 Å². The van der Waals surface area contributed by atoms with Gasteiger partial charge in [0.05, 0.1) is 6.61 Å². The highest BCUT2D eigenvalue weighted by Crippen LogP contribution is 2.26. The van der Waals surface area contributed by atoms with Gasteiger partial charge in [0.2, 0.25) is 0 Å². The van der Waals surface area contributed by atoms with Gasteiger partial charge in [-0.3, -0.25) is 4.18 Å². The van der Waals surface area contributed by atoms with Crippen LogP contribution in [0.2, 0.25) is 5.02 Å². The second-order valence-corrected chi connectivity index (χ2v) is 4.91. The summed E-state index contributed by atoms with van der Waals surface area (Å²) in [5, 5.41) is -0.220. The lowest BCUT2D eigenvalue weighted by Gasteiger charge is -2.09. The number of hydrogen-bond acceptors (Lipinski definition) is 3. The van der Waals surface area contributed by atoms with Gasteiger partial charge in [0, 0.05) is 5.02 Å². The van der Waals surface area contributed by atoms with Gasteiger partial charge < -0.3 is 0 Å². The highest BCUT2D eigenvalue weighted by Gasteiger charge is 2.47. The summed E-state index contributed by atoms with van der Waals surface area (Å²) in [6.07, 6.45) is 0. The van der Waals surface area contributed by atoms with Crippen LogP contribution in [0.4, 0.5) is 17.6 Å². The lowest BCUT2D eigenvalue weighted by Crippen LogP contribution is -2.25. The van der Waals surface area contributed by atoms with Crippen LogP contribution < -0.4 is 0 Å². The van der Waals surface area contributed by atoms with Gasteiger partial charge in [0.1, 0.15) is 5.82 Å². The van der Waals surface area contributed by atoms with Crippen LogP contribution in [-0.2, 0) is 20.9 Å². The van der Waals surface area contributed by atoms with Crippen LogP contribution in [0.25, 0.3) is 0 Å². The van der Waals surface area contributed by atoms with Crippen molar-refractivity contribution in [3.05, 3.63) is 34.6 Å². The highest BCUT2D eigenvalue weighted by atomic mass is 35.5. The van der Waals surface area contributed by atoms with Crippen molar-refractivity contribution in [1.82, 2.24) is 0 Å². The Bertz CT molecular complexity index is 512. The normalized spacial score (nSPS) is 12.8. The molecule has 0 radical (unpaired) electrons. The Hall–Kier alpha value is -0.860. The van der Waals surface area contributed by atoms with Crippen molar-refractivity contribution < 1.29 is 30.2 Å². The van der Waals surface area contributed by atoms with E-state index in [1.54, 1.807) is 0 Å². The predicted octanol–water partition coefficient (Wildman–Crippen LogP) is 2.85. The van der Waals surface area contributed by atoms with Crippen LogP contribution in [-0.4, -0.2) is 13.9 Å². The second-order valence-electron chi connectivity index (χ2n) is 2.90. The van der Waals surface area contributed by atoms with Crippen LogP contribution >= 0.6 is 11.6 Å². The fourth-order valence-electron chi connectivity index (χ4n) is 0.847. The maximum absolute atomic E-state index is 12.6. The van der Waals surface area contributed by atoms with Gasteiger partial charge in [0.15, 0.2) is 0 Å². The van der Waals surface area contributed by atoms with E-state index < -0.39 is 28.1 Å². The summed E-state index contributed by atoms with van der Waals surface area (Å²) in [7, 11) is -5.68. The number of hydrogen-bond donors (Lipinski definition) is 0. The molecular formula is C8H5ClF4O3S. The fraction of sp³-hybridized carbons (Fsp3) is 0.250. The van der Waals surface area contributed by atoms with E-state index in [1.165, 1.54) is 0 Å². The van der Waals surface area contributed by atoms with Crippen molar-refractivity contribution >= 4 is 21.7 Å². The summed E-state index contributed by atoms with van der Waals surface area (Å²) in [5.74, 6) is -0.697. The van der Waals surface area contributed by atoms with Crippen LogP contribution in [0.5, 0.6) is 0 Å².